The van der Waals surface area contributed by atoms with Crippen molar-refractivity contribution in [1.29, 1.82) is 0 Å². The minimum atomic E-state index is -3.97. The molecule has 2 aromatic rings. The van der Waals surface area contributed by atoms with E-state index >= 15 is 0 Å². The Bertz CT molecular complexity index is 920. The van der Waals surface area contributed by atoms with Gasteiger partial charge in [0.25, 0.3) is 0 Å². The molecule has 0 spiro atoms. The van der Waals surface area contributed by atoms with Gasteiger partial charge in [0, 0.05) is 5.56 Å². The largest absolute Gasteiger partial charge is 0.451 e. The third-order valence-electron chi connectivity index (χ3n) is 3.87. The van der Waals surface area contributed by atoms with Crippen LogP contribution in [0.4, 0.5) is 0 Å². The van der Waals surface area contributed by atoms with Crippen molar-refractivity contribution in [3.8, 4) is 0 Å². The van der Waals surface area contributed by atoms with Gasteiger partial charge < -0.3 is 4.74 Å². The van der Waals surface area contributed by atoms with Gasteiger partial charge in [-0.2, -0.15) is 0 Å². The number of ketones is 1. The third-order valence-corrected chi connectivity index (χ3v) is 4.91. The van der Waals surface area contributed by atoms with Gasteiger partial charge >= 0.3 is 5.97 Å². The average Bonchev–Trinajstić information content (AvgIpc) is 2.56. The maximum absolute atomic E-state index is 12.3. The smallest absolute Gasteiger partial charge is 0.338 e. The highest BCUT2D eigenvalue weighted by Crippen LogP contribution is 2.21. The van der Waals surface area contributed by atoms with E-state index in [1.54, 1.807) is 44.2 Å². The quantitative estimate of drug-likeness (QED) is 0.650. The van der Waals surface area contributed by atoms with Gasteiger partial charge in [-0.05, 0) is 44.0 Å². The number of primary sulfonamides is 1. The Morgan fingerprint density at radius 1 is 1.04 bits per heavy atom. The minimum Gasteiger partial charge on any atom is -0.451 e. The average molecular weight is 361 g/mol. The first-order valence-corrected chi connectivity index (χ1v) is 9.10. The lowest BCUT2D eigenvalue weighted by Gasteiger charge is -2.14. The van der Waals surface area contributed by atoms with Crippen molar-refractivity contribution in [3.63, 3.8) is 0 Å². The molecule has 2 aromatic carbocycles. The number of carbonyl (C=O) groups is 2. The number of esters is 1. The van der Waals surface area contributed by atoms with Gasteiger partial charge in [-0.1, -0.05) is 30.3 Å². The summed E-state index contributed by atoms with van der Waals surface area (Å²) in [5.41, 5.74) is 1.50. The van der Waals surface area contributed by atoms with Crippen molar-refractivity contribution < 1.29 is 22.7 Å². The first-order valence-electron chi connectivity index (χ1n) is 7.55. The number of Topliss-reactive ketones (excluding diaryl/α,β-unsaturated/α-hetero) is 1. The lowest BCUT2D eigenvalue weighted by molar-refractivity contribution is 0.0318. The van der Waals surface area contributed by atoms with Gasteiger partial charge in [-0.25, -0.2) is 18.4 Å². The van der Waals surface area contributed by atoms with E-state index in [0.29, 0.717) is 16.7 Å². The zero-order chi connectivity index (χ0) is 18.8. The number of ether oxygens (including phenoxy) is 1. The molecule has 0 aliphatic rings. The summed E-state index contributed by atoms with van der Waals surface area (Å²) in [7, 11) is -3.97. The van der Waals surface area contributed by atoms with Gasteiger partial charge in [0.2, 0.25) is 15.8 Å². The summed E-state index contributed by atoms with van der Waals surface area (Å²) in [6, 6.07) is 11.1. The molecule has 2 rings (SSSR count). The number of hydrogen-bond acceptors (Lipinski definition) is 5. The predicted molar refractivity (Wildman–Crippen MR) is 92.9 cm³/mol. The molecule has 132 valence electrons. The van der Waals surface area contributed by atoms with Crippen LogP contribution in [0.3, 0.4) is 0 Å². The van der Waals surface area contributed by atoms with Crippen LogP contribution < -0.4 is 5.14 Å². The molecule has 6 nitrogen and oxygen atoms in total. The molecule has 0 aromatic heterocycles. The van der Waals surface area contributed by atoms with Crippen LogP contribution >= 0.6 is 0 Å². The summed E-state index contributed by atoms with van der Waals surface area (Å²) >= 11 is 0. The molecule has 0 amide bonds. The Morgan fingerprint density at radius 3 is 2.20 bits per heavy atom. The molecule has 2 N–H and O–H groups in total. The van der Waals surface area contributed by atoms with Crippen LogP contribution in [-0.4, -0.2) is 26.3 Å². The number of carbonyl (C=O) groups excluding carboxylic acids is 2. The molecule has 0 radical (unpaired) electrons. The molecule has 0 saturated carbocycles. The fourth-order valence-corrected chi connectivity index (χ4v) is 3.24. The van der Waals surface area contributed by atoms with E-state index in [0.717, 1.165) is 0 Å². The van der Waals surface area contributed by atoms with Crippen molar-refractivity contribution in [1.82, 2.24) is 0 Å². The van der Waals surface area contributed by atoms with Crippen molar-refractivity contribution in [3.05, 3.63) is 64.7 Å². The van der Waals surface area contributed by atoms with E-state index in [1.807, 2.05) is 0 Å². The second-order valence-corrected chi connectivity index (χ2v) is 7.27. The van der Waals surface area contributed by atoms with Gasteiger partial charge in [-0.15, -0.1) is 0 Å². The van der Waals surface area contributed by atoms with Crippen LogP contribution in [0.25, 0.3) is 0 Å². The Morgan fingerprint density at radius 2 is 1.64 bits per heavy atom. The standard InChI is InChI=1S/C18H19NO5S/c1-11-9-15(10-16(12(11)2)25(19,22)23)18(21)24-13(3)17(20)14-7-5-4-6-8-14/h4-10,13H,1-3H3,(H2,19,22,23)/t13-/m0/s1. The molecular weight excluding hydrogens is 342 g/mol. The predicted octanol–water partition coefficient (Wildman–Crippen LogP) is 2.38. The highest BCUT2D eigenvalue weighted by molar-refractivity contribution is 7.89. The van der Waals surface area contributed by atoms with Crippen LogP contribution in [0.1, 0.15) is 38.8 Å². The van der Waals surface area contributed by atoms with E-state index in [4.69, 9.17) is 9.88 Å². The minimum absolute atomic E-state index is 0.0276. The molecular formula is C18H19NO5S. The van der Waals surface area contributed by atoms with Gasteiger partial charge in [0.05, 0.1) is 10.5 Å². The van der Waals surface area contributed by atoms with Crippen molar-refractivity contribution in [2.24, 2.45) is 5.14 Å². The Balaban J connectivity index is 2.27. The monoisotopic (exact) mass is 361 g/mol. The van der Waals surface area contributed by atoms with E-state index in [9.17, 15) is 18.0 Å². The first-order chi connectivity index (χ1) is 11.6. The van der Waals surface area contributed by atoms with Crippen molar-refractivity contribution in [2.45, 2.75) is 31.8 Å². The third kappa shape index (κ3) is 4.32. The van der Waals surface area contributed by atoms with Crippen LogP contribution in [0.2, 0.25) is 0 Å². The molecule has 0 aliphatic heterocycles. The van der Waals surface area contributed by atoms with Gasteiger partial charge in [0.1, 0.15) is 0 Å². The molecule has 1 atom stereocenters. The molecule has 0 heterocycles. The SMILES string of the molecule is Cc1cc(C(=O)O[C@@H](C)C(=O)c2ccccc2)cc(S(N)(=O)=O)c1C. The summed E-state index contributed by atoms with van der Waals surface area (Å²) in [4.78, 5) is 24.5. The maximum atomic E-state index is 12.3. The lowest BCUT2D eigenvalue weighted by atomic mass is 10.1. The summed E-state index contributed by atoms with van der Waals surface area (Å²) in [6.07, 6.45) is -1.01. The molecule has 0 saturated heterocycles. The number of benzene rings is 2. The fourth-order valence-electron chi connectivity index (χ4n) is 2.36. The zero-order valence-corrected chi connectivity index (χ0v) is 15.0. The Hall–Kier alpha value is -2.51. The van der Waals surface area contributed by atoms with Gasteiger partial charge in [0.15, 0.2) is 6.10 Å². The summed E-state index contributed by atoms with van der Waals surface area (Å²) in [5, 5.41) is 5.19. The number of sulfonamides is 1. The van der Waals surface area contributed by atoms with E-state index in [-0.39, 0.29) is 16.2 Å². The molecule has 0 unspecified atom stereocenters. The van der Waals surface area contributed by atoms with Gasteiger partial charge in [-0.3, -0.25) is 4.79 Å². The highest BCUT2D eigenvalue weighted by Gasteiger charge is 2.23. The number of nitrogens with two attached hydrogens (primary N) is 1. The summed E-state index contributed by atoms with van der Waals surface area (Å²) in [5.74, 6) is -1.13. The molecule has 7 heteroatoms. The van der Waals surface area contributed by atoms with E-state index in [1.165, 1.54) is 19.1 Å². The number of rotatable bonds is 5. The summed E-state index contributed by atoms with van der Waals surface area (Å²) in [6.45, 7) is 4.74. The molecule has 0 bridgehead atoms. The normalized spacial score (nSPS) is 12.5. The maximum Gasteiger partial charge on any atom is 0.338 e. The number of aryl methyl sites for hydroxylation is 1. The van der Waals surface area contributed by atoms with E-state index < -0.39 is 22.1 Å². The second kappa shape index (κ2) is 7.16. The van der Waals surface area contributed by atoms with E-state index in [2.05, 4.69) is 0 Å². The Labute approximate surface area is 146 Å². The van der Waals surface area contributed by atoms with Crippen molar-refractivity contribution in [2.75, 3.05) is 0 Å². The summed E-state index contributed by atoms with van der Waals surface area (Å²) < 4.78 is 28.5. The topological polar surface area (TPSA) is 104 Å². The van der Waals surface area contributed by atoms with Crippen LogP contribution in [0.15, 0.2) is 47.4 Å². The molecule has 0 fully saturated rings. The second-order valence-electron chi connectivity index (χ2n) is 5.74. The van der Waals surface area contributed by atoms with Crippen LogP contribution in [0.5, 0.6) is 0 Å². The zero-order valence-electron chi connectivity index (χ0n) is 14.1. The first kappa shape index (κ1) is 18.8. The number of hydrogen-bond donors (Lipinski definition) is 1. The molecule has 0 aliphatic carbocycles. The Kier molecular flexibility index (Phi) is 5.39. The van der Waals surface area contributed by atoms with Crippen LogP contribution in [0, 0.1) is 13.8 Å². The highest BCUT2D eigenvalue weighted by atomic mass is 32.2. The van der Waals surface area contributed by atoms with Crippen LogP contribution in [-0.2, 0) is 14.8 Å². The fraction of sp³-hybridized carbons (Fsp3) is 0.222. The lowest BCUT2D eigenvalue weighted by Crippen LogP contribution is -2.25. The molecule has 25 heavy (non-hydrogen) atoms. The van der Waals surface area contributed by atoms with Crippen molar-refractivity contribution >= 4 is 21.8 Å².